The molecule has 0 amide bonds. The molecule has 15 heteroatoms. The fourth-order valence-corrected chi connectivity index (χ4v) is 4.02. The van der Waals surface area contributed by atoms with Gasteiger partial charge in [-0.1, -0.05) is 34.6 Å². The summed E-state index contributed by atoms with van der Waals surface area (Å²) < 4.78 is 38.2. The standard InChI is InChI=1S/C16H12N8O5S2/c17-23-19-8-29-16(25)15-11(5-6-30-15)20-21-12-7-13(31(26,27)28)9-3-1-2-4-10(9)14(12)22-24-18/h1-7H,8H2,(H2,18,22)(H,26,27,28)/b21-20+. The molecule has 31 heavy (non-hydrogen) atoms. The van der Waals surface area contributed by atoms with Gasteiger partial charge in [0.25, 0.3) is 10.1 Å². The maximum Gasteiger partial charge on any atom is 0.350 e. The number of azide groups is 1. The molecule has 0 atom stereocenters. The van der Waals surface area contributed by atoms with E-state index in [0.717, 1.165) is 17.4 Å². The fraction of sp³-hybridized carbons (Fsp3) is 0.0625. The van der Waals surface area contributed by atoms with Crippen LogP contribution in [0.3, 0.4) is 0 Å². The van der Waals surface area contributed by atoms with Gasteiger partial charge in [-0.05, 0) is 23.0 Å². The number of esters is 1. The Hall–Kier alpha value is -3.91. The van der Waals surface area contributed by atoms with Crippen LogP contribution in [-0.4, -0.2) is 25.7 Å². The van der Waals surface area contributed by atoms with Gasteiger partial charge >= 0.3 is 5.97 Å². The smallest absolute Gasteiger partial charge is 0.350 e. The zero-order chi connectivity index (χ0) is 22.4. The highest BCUT2D eigenvalue weighted by Crippen LogP contribution is 2.41. The molecular formula is C16H12N8O5S2. The zero-order valence-corrected chi connectivity index (χ0v) is 17.0. The third-order valence-electron chi connectivity index (χ3n) is 3.81. The number of fused-ring (bicyclic) bond motifs is 1. The Morgan fingerprint density at radius 1 is 1.16 bits per heavy atom. The number of carbonyl (C=O) groups excluding carboxylic acids is 1. The van der Waals surface area contributed by atoms with Gasteiger partial charge in [-0.25, -0.2) is 4.79 Å². The summed E-state index contributed by atoms with van der Waals surface area (Å²) in [5, 5.41) is 20.2. The van der Waals surface area contributed by atoms with E-state index in [-0.39, 0.29) is 27.3 Å². The van der Waals surface area contributed by atoms with Gasteiger partial charge in [-0.3, -0.25) is 4.55 Å². The molecule has 0 saturated heterocycles. The monoisotopic (exact) mass is 460 g/mol. The van der Waals surface area contributed by atoms with Crippen LogP contribution in [0.5, 0.6) is 0 Å². The number of azo groups is 1. The lowest BCUT2D eigenvalue weighted by Crippen LogP contribution is -2.02. The van der Waals surface area contributed by atoms with E-state index in [0.29, 0.717) is 5.39 Å². The SMILES string of the molecule is [N-]=[N+]=NCOC(=O)c1sccc1/N=N/c1cc(S(=O)(=O)O)c2ccccc2c1N=NN. The number of ether oxygens (including phenoxy) is 1. The molecule has 0 aliphatic heterocycles. The Balaban J connectivity index is 2.11. The minimum Gasteiger partial charge on any atom is -0.455 e. The van der Waals surface area contributed by atoms with Crippen molar-refractivity contribution in [2.75, 3.05) is 6.73 Å². The molecule has 0 aliphatic carbocycles. The third-order valence-corrected chi connectivity index (χ3v) is 5.58. The summed E-state index contributed by atoms with van der Waals surface area (Å²) in [6.45, 7) is -0.493. The number of thiophene rings is 1. The van der Waals surface area contributed by atoms with Gasteiger partial charge in [0.05, 0.1) is 0 Å². The average Bonchev–Trinajstić information content (AvgIpc) is 3.21. The Bertz CT molecular complexity index is 1360. The van der Waals surface area contributed by atoms with E-state index in [1.807, 2.05) is 0 Å². The molecule has 13 nitrogen and oxygen atoms in total. The van der Waals surface area contributed by atoms with Crippen molar-refractivity contribution >= 4 is 55.3 Å². The molecule has 158 valence electrons. The summed E-state index contributed by atoms with van der Waals surface area (Å²) in [6.07, 6.45) is 0. The molecule has 3 aromatic rings. The Morgan fingerprint density at radius 2 is 1.87 bits per heavy atom. The number of carbonyl (C=O) groups is 1. The summed E-state index contributed by atoms with van der Waals surface area (Å²) in [4.78, 5) is 14.2. The van der Waals surface area contributed by atoms with Crippen molar-refractivity contribution in [3.8, 4) is 0 Å². The quantitative estimate of drug-likeness (QED) is 0.0948. The summed E-state index contributed by atoms with van der Waals surface area (Å²) in [7, 11) is -4.61. The Morgan fingerprint density at radius 3 is 2.55 bits per heavy atom. The van der Waals surface area contributed by atoms with E-state index in [4.69, 9.17) is 16.1 Å². The lowest BCUT2D eigenvalue weighted by molar-refractivity contribution is 0.0522. The first-order valence-corrected chi connectivity index (χ1v) is 10.5. The van der Waals surface area contributed by atoms with Crippen LogP contribution < -0.4 is 5.84 Å². The number of rotatable bonds is 7. The largest absolute Gasteiger partial charge is 0.455 e. The summed E-state index contributed by atoms with van der Waals surface area (Å²) >= 11 is 1.01. The van der Waals surface area contributed by atoms with Crippen LogP contribution in [0.25, 0.3) is 21.2 Å². The highest BCUT2D eigenvalue weighted by Gasteiger charge is 2.20. The molecule has 0 spiro atoms. The maximum absolute atomic E-state index is 12.1. The highest BCUT2D eigenvalue weighted by molar-refractivity contribution is 7.86. The predicted octanol–water partition coefficient (Wildman–Crippen LogP) is 4.95. The van der Waals surface area contributed by atoms with Crippen LogP contribution in [0.4, 0.5) is 17.1 Å². The number of hydrogen-bond acceptors (Lipinski definition) is 10. The first-order valence-electron chi connectivity index (χ1n) is 8.18. The molecule has 0 radical (unpaired) electrons. The van der Waals surface area contributed by atoms with E-state index in [9.17, 15) is 17.8 Å². The van der Waals surface area contributed by atoms with Gasteiger partial charge in [0, 0.05) is 15.7 Å². The van der Waals surface area contributed by atoms with Crippen LogP contribution in [0, 0.1) is 0 Å². The van der Waals surface area contributed by atoms with Crippen LogP contribution in [0.15, 0.2) is 72.4 Å². The van der Waals surface area contributed by atoms with E-state index in [1.165, 1.54) is 12.1 Å². The van der Waals surface area contributed by atoms with Gasteiger partial charge in [0.1, 0.15) is 26.8 Å². The van der Waals surface area contributed by atoms with Crippen LogP contribution in [0.1, 0.15) is 9.67 Å². The number of nitrogens with two attached hydrogens (primary N) is 1. The lowest BCUT2D eigenvalue weighted by Gasteiger charge is -2.08. The van der Waals surface area contributed by atoms with E-state index in [1.54, 1.807) is 23.6 Å². The molecular weight excluding hydrogens is 448 g/mol. The third kappa shape index (κ3) is 4.81. The second-order valence-electron chi connectivity index (χ2n) is 5.61. The second kappa shape index (κ2) is 9.27. The molecule has 0 bridgehead atoms. The summed E-state index contributed by atoms with van der Waals surface area (Å²) in [6, 6.07) is 8.79. The first-order chi connectivity index (χ1) is 14.9. The van der Waals surface area contributed by atoms with Crippen molar-refractivity contribution in [3.63, 3.8) is 0 Å². The summed E-state index contributed by atoms with van der Waals surface area (Å²) in [5.74, 6) is 4.40. The van der Waals surface area contributed by atoms with E-state index in [2.05, 4.69) is 30.6 Å². The van der Waals surface area contributed by atoms with Gasteiger partial charge in [-0.2, -0.15) is 8.42 Å². The van der Waals surface area contributed by atoms with Gasteiger partial charge in [-0.15, -0.1) is 26.7 Å². The average molecular weight is 460 g/mol. The molecule has 3 N–H and O–H groups in total. The molecule has 0 fully saturated rings. The van der Waals surface area contributed by atoms with Crippen molar-refractivity contribution in [3.05, 3.63) is 57.1 Å². The van der Waals surface area contributed by atoms with Crippen LogP contribution in [0.2, 0.25) is 0 Å². The second-order valence-corrected chi connectivity index (χ2v) is 7.91. The van der Waals surface area contributed by atoms with Crippen molar-refractivity contribution in [1.29, 1.82) is 0 Å². The van der Waals surface area contributed by atoms with Gasteiger partial charge in [0.2, 0.25) is 0 Å². The molecule has 0 aliphatic rings. The molecule has 1 heterocycles. The minimum absolute atomic E-state index is 0.0693. The van der Waals surface area contributed by atoms with E-state index >= 15 is 0 Å². The van der Waals surface area contributed by atoms with Crippen molar-refractivity contribution in [2.24, 2.45) is 31.5 Å². The Labute approximate surface area is 178 Å². The normalized spacial score (nSPS) is 11.8. The number of hydrogen-bond donors (Lipinski definition) is 2. The first kappa shape index (κ1) is 21.8. The lowest BCUT2D eigenvalue weighted by atomic mass is 10.1. The molecule has 0 saturated carbocycles. The summed E-state index contributed by atoms with van der Waals surface area (Å²) in [5.41, 5.74) is 8.41. The van der Waals surface area contributed by atoms with Crippen LogP contribution in [-0.2, 0) is 14.9 Å². The number of benzene rings is 2. The number of nitrogens with zero attached hydrogens (tertiary/aromatic N) is 7. The Kier molecular flexibility index (Phi) is 6.52. The van der Waals surface area contributed by atoms with Crippen molar-refractivity contribution < 1.29 is 22.5 Å². The van der Waals surface area contributed by atoms with Crippen LogP contribution >= 0.6 is 11.3 Å². The minimum atomic E-state index is -4.61. The maximum atomic E-state index is 12.1. The topological polar surface area (TPSA) is 205 Å². The van der Waals surface area contributed by atoms with E-state index < -0.39 is 27.7 Å². The zero-order valence-electron chi connectivity index (χ0n) is 15.4. The fourth-order valence-electron chi connectivity index (χ4n) is 2.59. The molecule has 3 rings (SSSR count). The van der Waals surface area contributed by atoms with Gasteiger partial charge in [0.15, 0.2) is 6.73 Å². The van der Waals surface area contributed by atoms with Crippen molar-refractivity contribution in [2.45, 2.75) is 4.90 Å². The van der Waals surface area contributed by atoms with Gasteiger partial charge < -0.3 is 10.6 Å². The predicted molar refractivity (Wildman–Crippen MR) is 110 cm³/mol. The molecule has 2 aromatic carbocycles. The highest BCUT2D eigenvalue weighted by atomic mass is 32.2. The molecule has 1 aromatic heterocycles. The van der Waals surface area contributed by atoms with Crippen molar-refractivity contribution in [1.82, 2.24) is 0 Å². The molecule has 0 unspecified atom stereocenters.